The molecule has 124 valence electrons. The summed E-state index contributed by atoms with van der Waals surface area (Å²) in [6.45, 7) is 3.97. The van der Waals surface area contributed by atoms with E-state index in [0.717, 1.165) is 16.8 Å². The summed E-state index contributed by atoms with van der Waals surface area (Å²) in [6, 6.07) is 13.3. The van der Waals surface area contributed by atoms with Crippen LogP contribution in [0.1, 0.15) is 17.5 Å². The molecule has 1 amide bonds. The highest BCUT2D eigenvalue weighted by Crippen LogP contribution is 2.53. The molecule has 0 aromatic heterocycles. The van der Waals surface area contributed by atoms with Crippen LogP contribution in [0.2, 0.25) is 0 Å². The van der Waals surface area contributed by atoms with Crippen LogP contribution < -0.4 is 5.32 Å². The third-order valence-corrected chi connectivity index (χ3v) is 4.70. The second-order valence-electron chi connectivity index (χ2n) is 6.06. The van der Waals surface area contributed by atoms with Crippen molar-refractivity contribution in [2.45, 2.75) is 24.6 Å². The number of halogens is 2. The number of alkyl halides is 2. The van der Waals surface area contributed by atoms with E-state index in [9.17, 15) is 4.79 Å². The number of anilines is 1. The largest absolute Gasteiger partial charge is 0.324 e. The molecule has 1 saturated carbocycles. The van der Waals surface area contributed by atoms with Gasteiger partial charge in [0.15, 0.2) is 0 Å². The lowest BCUT2D eigenvalue weighted by atomic mass is 10.2. The maximum Gasteiger partial charge on any atom is 0.230 e. The Morgan fingerprint density at radius 1 is 1.08 bits per heavy atom. The molecule has 1 N–H and O–H groups in total. The number of nitrogens with zero attached hydrogens (tertiary/aromatic N) is 2. The molecule has 1 atom stereocenters. The molecule has 0 saturated heterocycles. The third kappa shape index (κ3) is 3.94. The standard InChI is InChI=1S/C18H17Cl2N3O/c1-11-3-6-13(7-4-11)22-23-16-9-12(2)5-8-15(16)21-17(24)14-10-18(14,19)20/h3-9,14H,10H2,1-2H3,(H,21,24). The number of azo groups is 1. The molecule has 2 aromatic carbocycles. The number of hydrogen-bond acceptors (Lipinski definition) is 3. The Hall–Kier alpha value is -1.91. The van der Waals surface area contributed by atoms with E-state index >= 15 is 0 Å². The minimum absolute atomic E-state index is 0.198. The topological polar surface area (TPSA) is 53.8 Å². The molecule has 0 heterocycles. The second kappa shape index (κ2) is 6.54. The van der Waals surface area contributed by atoms with Crippen LogP contribution in [0, 0.1) is 19.8 Å². The van der Waals surface area contributed by atoms with Gasteiger partial charge in [0, 0.05) is 0 Å². The maximum absolute atomic E-state index is 12.2. The van der Waals surface area contributed by atoms with Gasteiger partial charge in [0.25, 0.3) is 0 Å². The van der Waals surface area contributed by atoms with Crippen molar-refractivity contribution in [1.82, 2.24) is 0 Å². The van der Waals surface area contributed by atoms with Gasteiger partial charge in [-0.1, -0.05) is 23.8 Å². The van der Waals surface area contributed by atoms with Gasteiger partial charge < -0.3 is 5.32 Å². The van der Waals surface area contributed by atoms with Crippen LogP contribution >= 0.6 is 23.2 Å². The van der Waals surface area contributed by atoms with E-state index in [2.05, 4.69) is 15.5 Å². The Balaban J connectivity index is 1.80. The summed E-state index contributed by atoms with van der Waals surface area (Å²) in [5, 5.41) is 11.4. The molecule has 24 heavy (non-hydrogen) atoms. The van der Waals surface area contributed by atoms with E-state index in [4.69, 9.17) is 23.2 Å². The molecule has 4 nitrogen and oxygen atoms in total. The summed E-state index contributed by atoms with van der Waals surface area (Å²) in [4.78, 5) is 12.2. The molecule has 1 unspecified atom stereocenters. The number of nitrogens with one attached hydrogen (secondary N) is 1. The van der Waals surface area contributed by atoms with Crippen molar-refractivity contribution in [2.24, 2.45) is 16.1 Å². The minimum atomic E-state index is -0.946. The fourth-order valence-electron chi connectivity index (χ4n) is 2.27. The average Bonchev–Trinajstić information content (AvgIpc) is 3.18. The van der Waals surface area contributed by atoms with E-state index in [1.165, 1.54) is 0 Å². The molecule has 0 spiro atoms. The number of carbonyl (C=O) groups is 1. The first-order valence-corrected chi connectivity index (χ1v) is 8.38. The lowest BCUT2D eigenvalue weighted by molar-refractivity contribution is -0.117. The zero-order valence-electron chi connectivity index (χ0n) is 13.4. The molecule has 1 aliphatic rings. The van der Waals surface area contributed by atoms with Crippen molar-refractivity contribution < 1.29 is 4.79 Å². The normalized spacial score (nSPS) is 18.6. The number of hydrogen-bond donors (Lipinski definition) is 1. The summed E-state index contributed by atoms with van der Waals surface area (Å²) < 4.78 is -0.946. The van der Waals surface area contributed by atoms with Crippen LogP contribution in [0.5, 0.6) is 0 Å². The molecule has 3 rings (SSSR count). The highest BCUT2D eigenvalue weighted by Gasteiger charge is 2.56. The molecule has 1 fully saturated rings. The Kier molecular flexibility index (Phi) is 4.61. The zero-order chi connectivity index (χ0) is 17.3. The first kappa shape index (κ1) is 16.9. The summed E-state index contributed by atoms with van der Waals surface area (Å²) >= 11 is 11.9. The molecular weight excluding hydrogens is 345 g/mol. The molecule has 2 aromatic rings. The molecule has 1 aliphatic carbocycles. The average molecular weight is 362 g/mol. The van der Waals surface area contributed by atoms with Gasteiger partial charge in [-0.05, 0) is 50.1 Å². The van der Waals surface area contributed by atoms with Gasteiger partial charge in [0.1, 0.15) is 10.0 Å². The summed E-state index contributed by atoms with van der Waals surface area (Å²) in [5.74, 6) is -0.584. The van der Waals surface area contributed by atoms with Gasteiger partial charge in [-0.3, -0.25) is 4.79 Å². The van der Waals surface area contributed by atoms with Crippen molar-refractivity contribution in [1.29, 1.82) is 0 Å². The van der Waals surface area contributed by atoms with E-state index in [1.54, 1.807) is 0 Å². The maximum atomic E-state index is 12.2. The van der Waals surface area contributed by atoms with Crippen molar-refractivity contribution in [3.8, 4) is 0 Å². The zero-order valence-corrected chi connectivity index (χ0v) is 14.9. The first-order chi connectivity index (χ1) is 11.3. The molecular formula is C18H17Cl2N3O. The molecule has 0 aliphatic heterocycles. The first-order valence-electron chi connectivity index (χ1n) is 7.63. The van der Waals surface area contributed by atoms with E-state index in [1.807, 2.05) is 56.3 Å². The lowest BCUT2D eigenvalue weighted by Gasteiger charge is -2.08. The van der Waals surface area contributed by atoms with Gasteiger partial charge in [-0.15, -0.1) is 28.3 Å². The number of amides is 1. The van der Waals surface area contributed by atoms with E-state index in [-0.39, 0.29) is 11.8 Å². The Bertz CT molecular complexity index is 800. The third-order valence-electron chi connectivity index (χ3n) is 3.86. The van der Waals surface area contributed by atoms with Crippen LogP contribution in [0.25, 0.3) is 0 Å². The summed E-state index contributed by atoms with van der Waals surface area (Å²) in [7, 11) is 0. The fraction of sp³-hybridized carbons (Fsp3) is 0.278. The predicted molar refractivity (Wildman–Crippen MR) is 97.7 cm³/mol. The van der Waals surface area contributed by atoms with Crippen LogP contribution in [-0.2, 0) is 4.79 Å². The van der Waals surface area contributed by atoms with Crippen molar-refractivity contribution >= 4 is 46.2 Å². The Morgan fingerprint density at radius 3 is 2.33 bits per heavy atom. The smallest absolute Gasteiger partial charge is 0.230 e. The van der Waals surface area contributed by atoms with Gasteiger partial charge in [0.2, 0.25) is 5.91 Å². The Labute approximate surface area is 150 Å². The van der Waals surface area contributed by atoms with Crippen LogP contribution in [-0.4, -0.2) is 10.2 Å². The fourth-order valence-corrected chi connectivity index (χ4v) is 2.78. The van der Waals surface area contributed by atoms with Gasteiger partial charge in [0.05, 0.1) is 17.3 Å². The summed E-state index contributed by atoms with van der Waals surface area (Å²) in [5.41, 5.74) is 4.13. The molecule has 0 bridgehead atoms. The number of rotatable bonds is 4. The highest BCUT2D eigenvalue weighted by molar-refractivity contribution is 6.52. The lowest BCUT2D eigenvalue weighted by Crippen LogP contribution is -2.16. The molecule has 0 radical (unpaired) electrons. The van der Waals surface area contributed by atoms with Gasteiger partial charge in [-0.25, -0.2) is 0 Å². The number of carbonyl (C=O) groups excluding carboxylic acids is 1. The van der Waals surface area contributed by atoms with Crippen molar-refractivity contribution in [3.05, 3.63) is 53.6 Å². The SMILES string of the molecule is Cc1ccc(N=Nc2cc(C)ccc2NC(=O)C2CC2(Cl)Cl)cc1. The van der Waals surface area contributed by atoms with Gasteiger partial charge >= 0.3 is 0 Å². The quantitative estimate of drug-likeness (QED) is 0.538. The number of aryl methyl sites for hydroxylation is 2. The van der Waals surface area contributed by atoms with Crippen molar-refractivity contribution in [2.75, 3.05) is 5.32 Å². The highest BCUT2D eigenvalue weighted by atomic mass is 35.5. The van der Waals surface area contributed by atoms with E-state index < -0.39 is 4.33 Å². The van der Waals surface area contributed by atoms with Crippen LogP contribution in [0.15, 0.2) is 52.7 Å². The van der Waals surface area contributed by atoms with Crippen LogP contribution in [0.3, 0.4) is 0 Å². The molecule has 6 heteroatoms. The Morgan fingerprint density at radius 2 is 1.71 bits per heavy atom. The monoisotopic (exact) mass is 361 g/mol. The van der Waals surface area contributed by atoms with Crippen molar-refractivity contribution in [3.63, 3.8) is 0 Å². The number of benzene rings is 2. The van der Waals surface area contributed by atoms with E-state index in [0.29, 0.717) is 17.8 Å². The van der Waals surface area contributed by atoms with Crippen LogP contribution in [0.4, 0.5) is 17.1 Å². The predicted octanol–water partition coefficient (Wildman–Crippen LogP) is 5.85. The minimum Gasteiger partial charge on any atom is -0.324 e. The summed E-state index contributed by atoms with van der Waals surface area (Å²) in [6.07, 6.45) is 0.466. The van der Waals surface area contributed by atoms with Gasteiger partial charge in [-0.2, -0.15) is 5.11 Å². The second-order valence-corrected chi connectivity index (χ2v) is 7.61.